The van der Waals surface area contributed by atoms with Gasteiger partial charge in [-0.05, 0) is 12.8 Å². The molecule has 0 bridgehead atoms. The first-order chi connectivity index (χ1) is 4.79. The molecule has 1 aliphatic carbocycles. The highest BCUT2D eigenvalue weighted by molar-refractivity contribution is 5.78. The van der Waals surface area contributed by atoms with Gasteiger partial charge < -0.3 is 9.53 Å². The molecule has 0 heterocycles. The molecule has 0 aromatic rings. The van der Waals surface area contributed by atoms with Gasteiger partial charge >= 0.3 is 5.97 Å². The van der Waals surface area contributed by atoms with Crippen LogP contribution < -0.4 is 0 Å². The third-order valence-electron chi connectivity index (χ3n) is 2.01. The van der Waals surface area contributed by atoms with Crippen molar-refractivity contribution in [1.82, 2.24) is 0 Å². The van der Waals surface area contributed by atoms with Crippen molar-refractivity contribution in [2.75, 3.05) is 7.11 Å². The van der Waals surface area contributed by atoms with Crippen molar-refractivity contribution < 1.29 is 14.3 Å². The number of hydrogen-bond donors (Lipinski definition) is 0. The quantitative estimate of drug-likeness (QED) is 0.413. The van der Waals surface area contributed by atoms with Gasteiger partial charge in [0.2, 0.25) is 0 Å². The van der Waals surface area contributed by atoms with Crippen molar-refractivity contribution in [2.24, 2.45) is 11.8 Å². The first kappa shape index (κ1) is 7.25. The van der Waals surface area contributed by atoms with Gasteiger partial charge in [-0.1, -0.05) is 0 Å². The van der Waals surface area contributed by atoms with E-state index in [9.17, 15) is 9.59 Å². The molecule has 1 rings (SSSR count). The molecule has 0 amide bonds. The molecular weight excluding hydrogens is 132 g/mol. The lowest BCUT2D eigenvalue weighted by Crippen LogP contribution is -2.34. The Bertz CT molecular complexity index is 153. The maximum absolute atomic E-state index is 10.8. The van der Waals surface area contributed by atoms with Gasteiger partial charge in [-0.25, -0.2) is 0 Å². The van der Waals surface area contributed by atoms with Crippen LogP contribution in [0.4, 0.5) is 0 Å². The fourth-order valence-corrected chi connectivity index (χ4v) is 1.13. The highest BCUT2D eigenvalue weighted by atomic mass is 16.5. The number of carbonyl (C=O) groups is 2. The van der Waals surface area contributed by atoms with Crippen LogP contribution in [0.25, 0.3) is 0 Å². The topological polar surface area (TPSA) is 43.4 Å². The Hall–Kier alpha value is -0.860. The second kappa shape index (κ2) is 2.82. The second-order valence-electron chi connectivity index (χ2n) is 2.51. The SMILES string of the molecule is COC(=O)[C@H]1CC[C@H]1C=O. The molecule has 1 aliphatic rings. The summed E-state index contributed by atoms with van der Waals surface area (Å²) in [5, 5.41) is 0. The number of rotatable bonds is 2. The molecule has 0 N–H and O–H groups in total. The first-order valence-corrected chi connectivity index (χ1v) is 3.32. The molecule has 10 heavy (non-hydrogen) atoms. The number of aldehydes is 1. The summed E-state index contributed by atoms with van der Waals surface area (Å²) in [4.78, 5) is 21.0. The Labute approximate surface area is 59.4 Å². The number of hydrogen-bond acceptors (Lipinski definition) is 3. The van der Waals surface area contributed by atoms with Crippen molar-refractivity contribution in [3.05, 3.63) is 0 Å². The molecule has 0 aromatic carbocycles. The second-order valence-corrected chi connectivity index (χ2v) is 2.51. The molecule has 0 aliphatic heterocycles. The molecule has 0 unspecified atom stereocenters. The van der Waals surface area contributed by atoms with Gasteiger partial charge in [-0.3, -0.25) is 4.79 Å². The molecule has 0 aromatic heterocycles. The Morgan fingerprint density at radius 3 is 2.60 bits per heavy atom. The van der Waals surface area contributed by atoms with Gasteiger partial charge in [0.15, 0.2) is 0 Å². The average molecular weight is 142 g/mol. The van der Waals surface area contributed by atoms with Crippen LogP contribution in [0, 0.1) is 11.8 Å². The van der Waals surface area contributed by atoms with E-state index >= 15 is 0 Å². The minimum absolute atomic E-state index is 0.0764. The number of esters is 1. The minimum atomic E-state index is -0.247. The fraction of sp³-hybridized carbons (Fsp3) is 0.714. The molecular formula is C7H10O3. The minimum Gasteiger partial charge on any atom is -0.469 e. The summed E-state index contributed by atoms with van der Waals surface area (Å²) in [6.07, 6.45) is 2.48. The van der Waals surface area contributed by atoms with E-state index < -0.39 is 0 Å². The van der Waals surface area contributed by atoms with Gasteiger partial charge in [0.25, 0.3) is 0 Å². The molecule has 56 valence electrons. The fourth-order valence-electron chi connectivity index (χ4n) is 1.13. The van der Waals surface area contributed by atoms with Crippen molar-refractivity contribution in [3.8, 4) is 0 Å². The zero-order valence-electron chi connectivity index (χ0n) is 5.87. The highest BCUT2D eigenvalue weighted by Crippen LogP contribution is 2.33. The molecule has 2 atom stereocenters. The Kier molecular flexibility index (Phi) is 2.04. The Morgan fingerprint density at radius 2 is 2.30 bits per heavy atom. The lowest BCUT2D eigenvalue weighted by molar-refractivity contribution is -0.153. The lowest BCUT2D eigenvalue weighted by Gasteiger charge is -2.29. The van der Waals surface area contributed by atoms with Gasteiger partial charge in [-0.15, -0.1) is 0 Å². The zero-order valence-corrected chi connectivity index (χ0v) is 5.87. The smallest absolute Gasteiger partial charge is 0.309 e. The monoisotopic (exact) mass is 142 g/mol. The third kappa shape index (κ3) is 1.03. The molecule has 1 fully saturated rings. The van der Waals surface area contributed by atoms with E-state index in [0.29, 0.717) is 0 Å². The maximum Gasteiger partial charge on any atom is 0.309 e. The normalized spacial score (nSPS) is 30.5. The van der Waals surface area contributed by atoms with E-state index in [0.717, 1.165) is 19.1 Å². The van der Waals surface area contributed by atoms with Crippen molar-refractivity contribution >= 4 is 12.3 Å². The van der Waals surface area contributed by atoms with Crippen LogP contribution in [0.15, 0.2) is 0 Å². The van der Waals surface area contributed by atoms with E-state index in [1.54, 1.807) is 0 Å². The maximum atomic E-state index is 10.8. The molecule has 3 heteroatoms. The van der Waals surface area contributed by atoms with Crippen molar-refractivity contribution in [1.29, 1.82) is 0 Å². The van der Waals surface area contributed by atoms with E-state index in [1.807, 2.05) is 0 Å². The van der Waals surface area contributed by atoms with Gasteiger partial charge in [0, 0.05) is 5.92 Å². The largest absolute Gasteiger partial charge is 0.469 e. The number of carbonyl (C=O) groups excluding carboxylic acids is 2. The highest BCUT2D eigenvalue weighted by Gasteiger charge is 2.36. The third-order valence-corrected chi connectivity index (χ3v) is 2.01. The Balaban J connectivity index is 2.42. The molecule has 0 saturated heterocycles. The van der Waals surface area contributed by atoms with Crippen molar-refractivity contribution in [3.63, 3.8) is 0 Å². The van der Waals surface area contributed by atoms with Gasteiger partial charge in [0.05, 0.1) is 13.0 Å². The van der Waals surface area contributed by atoms with Crippen LogP contribution in [0.1, 0.15) is 12.8 Å². The standard InChI is InChI=1S/C7H10O3/c1-10-7(9)6-3-2-5(6)4-8/h4-6H,2-3H2,1H3/t5-,6-/m0/s1. The summed E-state index contributed by atoms with van der Waals surface area (Å²) < 4.78 is 4.49. The summed E-state index contributed by atoms with van der Waals surface area (Å²) in [6, 6.07) is 0. The van der Waals surface area contributed by atoms with Gasteiger partial charge in [-0.2, -0.15) is 0 Å². The summed E-state index contributed by atoms with van der Waals surface area (Å²) in [5.74, 6) is -0.474. The lowest BCUT2D eigenvalue weighted by atomic mass is 9.75. The van der Waals surface area contributed by atoms with E-state index in [-0.39, 0.29) is 17.8 Å². The van der Waals surface area contributed by atoms with Crippen molar-refractivity contribution in [2.45, 2.75) is 12.8 Å². The summed E-state index contributed by atoms with van der Waals surface area (Å²) in [7, 11) is 1.35. The van der Waals surface area contributed by atoms with Crippen LogP contribution >= 0.6 is 0 Å². The van der Waals surface area contributed by atoms with E-state index in [2.05, 4.69) is 4.74 Å². The van der Waals surface area contributed by atoms with E-state index in [1.165, 1.54) is 7.11 Å². The number of ether oxygens (including phenoxy) is 1. The predicted molar refractivity (Wildman–Crippen MR) is 34.3 cm³/mol. The van der Waals surface area contributed by atoms with Crippen LogP contribution in [0.5, 0.6) is 0 Å². The van der Waals surface area contributed by atoms with Crippen LogP contribution in [-0.4, -0.2) is 19.4 Å². The number of methoxy groups -OCH3 is 1. The average Bonchev–Trinajstić information content (AvgIpc) is 1.86. The van der Waals surface area contributed by atoms with E-state index in [4.69, 9.17) is 0 Å². The molecule has 3 nitrogen and oxygen atoms in total. The summed E-state index contributed by atoms with van der Waals surface area (Å²) >= 11 is 0. The van der Waals surface area contributed by atoms with Crippen LogP contribution in [0.3, 0.4) is 0 Å². The van der Waals surface area contributed by atoms with Crippen LogP contribution in [0.2, 0.25) is 0 Å². The van der Waals surface area contributed by atoms with Crippen LogP contribution in [-0.2, 0) is 14.3 Å². The van der Waals surface area contributed by atoms with Gasteiger partial charge in [0.1, 0.15) is 6.29 Å². The Morgan fingerprint density at radius 1 is 1.60 bits per heavy atom. The predicted octanol–water partition coefficient (Wildman–Crippen LogP) is 0.384. The first-order valence-electron chi connectivity index (χ1n) is 3.32. The zero-order chi connectivity index (χ0) is 7.56. The molecule has 0 radical (unpaired) electrons. The summed E-state index contributed by atoms with van der Waals surface area (Å²) in [5.41, 5.74) is 0. The molecule has 0 spiro atoms. The summed E-state index contributed by atoms with van der Waals surface area (Å²) in [6.45, 7) is 0. The molecule has 1 saturated carbocycles.